The SMILES string of the molecule is CCOCCNC(=O)[C@@H]1CSCC(=O)N[C@@H](CCCCNC(=O)c2ccc3c(c2)C2(OC3=O)c3ccc(O)cc3Oc3cc(O)ccc32)C(=O)N[C@H]2CSSC[C@H](NC(=O)[C@H](CC(=O)O)NC(=O)CNC(=O)[C@H](CCCN=C(N)N)NC2=O)C(=O)N[C@@H](Cc2ccccc2)C(=O)N1.CCOCCOCCNC(=O)COCC(N)=O. The number of amides is 12. The Morgan fingerprint density at radius 3 is 1.82 bits per heavy atom. The van der Waals surface area contributed by atoms with E-state index in [4.69, 9.17) is 45.6 Å². The van der Waals surface area contributed by atoms with Gasteiger partial charge >= 0.3 is 11.9 Å². The zero-order valence-corrected chi connectivity index (χ0v) is 65.0. The number of carboxylic acids is 1. The number of fused-ring (bicyclic) bond motifs is 11. The number of nitrogens with one attached hydrogen (secondary N) is 11. The normalized spacial score (nSPS) is 20.0. The summed E-state index contributed by atoms with van der Waals surface area (Å²) < 4.78 is 32.6. The summed E-state index contributed by atoms with van der Waals surface area (Å²) in [6.07, 6.45) is -0.954. The summed E-state index contributed by atoms with van der Waals surface area (Å²) >= 11 is 0.905. The molecule has 4 aromatic carbocycles. The number of aliphatic imine (C=N–C) groups is 1. The van der Waals surface area contributed by atoms with Gasteiger partial charge < -0.3 is 119 Å². The van der Waals surface area contributed by atoms with Crippen LogP contribution in [0, 0.1) is 0 Å². The Bertz CT molecular complexity index is 4050. The molecular formula is C73H95N15O23S3. The van der Waals surface area contributed by atoms with Crippen LogP contribution in [0.25, 0.3) is 0 Å². The molecule has 0 radical (unpaired) electrons. The van der Waals surface area contributed by atoms with Crippen molar-refractivity contribution in [1.82, 2.24) is 58.5 Å². The molecule has 114 heavy (non-hydrogen) atoms. The van der Waals surface area contributed by atoms with E-state index >= 15 is 0 Å². The number of hydrogen-bond donors (Lipinski definition) is 17. The largest absolute Gasteiger partial charge is 0.508 e. The number of guanidine groups is 1. The molecule has 8 rings (SSSR count). The van der Waals surface area contributed by atoms with Gasteiger partial charge in [-0.1, -0.05) is 51.9 Å². The zero-order chi connectivity index (χ0) is 82.7. The summed E-state index contributed by atoms with van der Waals surface area (Å²) in [5, 5.41) is 59.3. The zero-order valence-electron chi connectivity index (χ0n) is 62.5. The van der Waals surface area contributed by atoms with Crippen LogP contribution in [0.3, 0.4) is 0 Å². The van der Waals surface area contributed by atoms with E-state index in [9.17, 15) is 82.4 Å². The lowest BCUT2D eigenvalue weighted by molar-refractivity contribution is -0.141. The highest BCUT2D eigenvalue weighted by Gasteiger charge is 2.54. The summed E-state index contributed by atoms with van der Waals surface area (Å²) in [7, 11) is 1.82. The highest BCUT2D eigenvalue weighted by molar-refractivity contribution is 8.76. The summed E-state index contributed by atoms with van der Waals surface area (Å²) in [4.78, 5) is 193. The molecule has 4 aliphatic rings. The molecule has 7 atom stereocenters. The number of thioether (sulfide) groups is 1. The van der Waals surface area contributed by atoms with E-state index in [0.717, 1.165) is 33.3 Å². The van der Waals surface area contributed by atoms with Gasteiger partial charge in [-0.2, -0.15) is 0 Å². The first-order chi connectivity index (χ1) is 54.7. The average Bonchev–Trinajstić information content (AvgIpc) is 1.49. The van der Waals surface area contributed by atoms with Crippen molar-refractivity contribution in [1.29, 1.82) is 0 Å². The number of nitrogens with two attached hydrogens (primary N) is 3. The van der Waals surface area contributed by atoms with E-state index in [-0.39, 0.29) is 147 Å². The van der Waals surface area contributed by atoms with E-state index in [2.05, 4.69) is 63.5 Å². The number of benzene rings is 4. The first kappa shape index (κ1) is 90.2. The molecule has 618 valence electrons. The average molecular weight is 1650 g/mol. The second-order valence-corrected chi connectivity index (χ2v) is 29.3. The van der Waals surface area contributed by atoms with E-state index in [1.807, 2.05) is 6.92 Å². The van der Waals surface area contributed by atoms with Gasteiger partial charge in [0.1, 0.15) is 78.5 Å². The van der Waals surface area contributed by atoms with Gasteiger partial charge in [0.15, 0.2) is 11.6 Å². The van der Waals surface area contributed by atoms with Crippen molar-refractivity contribution in [2.24, 2.45) is 22.2 Å². The van der Waals surface area contributed by atoms with Gasteiger partial charge in [0.2, 0.25) is 65.0 Å². The number of hydrogen-bond acceptors (Lipinski definition) is 26. The maximum Gasteiger partial charge on any atom is 0.340 e. The Morgan fingerprint density at radius 1 is 0.579 bits per heavy atom. The molecule has 4 aliphatic heterocycles. The number of unbranched alkanes of at least 4 members (excludes halogenated alkanes) is 1. The molecule has 4 heterocycles. The van der Waals surface area contributed by atoms with Crippen LogP contribution < -0.4 is 80.4 Å². The number of primary amides is 1. The summed E-state index contributed by atoms with van der Waals surface area (Å²) in [5.74, 6) is -13.5. The molecule has 0 saturated carbocycles. The molecule has 0 aliphatic carbocycles. The van der Waals surface area contributed by atoms with Gasteiger partial charge in [0.25, 0.3) is 5.91 Å². The van der Waals surface area contributed by atoms with Crippen molar-refractivity contribution < 1.29 is 111 Å². The molecule has 4 aromatic rings. The summed E-state index contributed by atoms with van der Waals surface area (Å²) in [6.45, 7) is 5.37. The number of phenolic OH excluding ortho intramolecular Hbond substituents is 2. The van der Waals surface area contributed by atoms with E-state index in [0.29, 0.717) is 56.3 Å². The van der Waals surface area contributed by atoms with Gasteiger partial charge in [-0.05, 0) is 94.0 Å². The number of aromatic hydroxyl groups is 2. The number of rotatable bonds is 30. The van der Waals surface area contributed by atoms with Gasteiger partial charge in [-0.25, -0.2) is 4.79 Å². The standard InChI is InChI=1S/C63H75N13O18S3.C10H20N2O5/c1-2-92-22-21-67-55(85)45-29-95-32-51(80)70-42(11-6-7-19-66-53(83)34-13-16-37-40(24-34)63(94-61(37)91)38-17-14-35(77)25-48(38)93-49-26-36(78)15-18-39(49)63)56(86)75-46-30-96-97-31-47(60(90)73-43(57(87)74-45)23-33-9-4-3-5-10-33)76-58(88)44(27-52(81)82)71-50(79)28-69-54(84)41(72-59(46)89)12-8-20-68-62(64)65;1-2-15-5-6-16-4-3-12-10(14)8-17-7-9(11)13/h3-5,9-10,13-18,24-26,41-47,77-78H,2,6-8,11-12,19-23,27-32H2,1H3,(H,66,83)(H,67,85)(H,69,84)(H,70,80)(H,71,79)(H,72,89)(H,73,90)(H,74,87)(H,75,86)(H,76,88)(H,81,82)(H4,64,65,68);2-8H2,1H3,(H2,11,13)(H,12,14)/t41-,42-,43-,44-,45-,46-,47-;/m0./s1. The van der Waals surface area contributed by atoms with E-state index in [1.54, 1.807) is 37.3 Å². The minimum atomic E-state index is -1.82. The molecule has 12 amide bonds. The number of aliphatic carboxylic acids is 1. The highest BCUT2D eigenvalue weighted by Crippen LogP contribution is 2.57. The molecular weight excluding hydrogens is 1550 g/mol. The summed E-state index contributed by atoms with van der Waals surface area (Å²) in [6, 6.07) is 10.7. The third-order valence-corrected chi connectivity index (χ3v) is 20.6. The monoisotopic (exact) mass is 1650 g/mol. The highest BCUT2D eigenvalue weighted by atomic mass is 33.1. The molecule has 2 fully saturated rings. The molecule has 0 unspecified atom stereocenters. The first-order valence-electron chi connectivity index (χ1n) is 36.4. The third-order valence-electron chi connectivity index (χ3n) is 17.2. The van der Waals surface area contributed by atoms with Crippen LogP contribution in [0.1, 0.15) is 95.3 Å². The Hall–Kier alpha value is -11.0. The Morgan fingerprint density at radius 2 is 1.18 bits per heavy atom. The Balaban J connectivity index is 0.000000942. The topological polar surface area (TPSA) is 578 Å². The van der Waals surface area contributed by atoms with Crippen molar-refractivity contribution in [3.63, 3.8) is 0 Å². The van der Waals surface area contributed by atoms with Crippen LogP contribution in [0.4, 0.5) is 0 Å². The second kappa shape index (κ2) is 46.3. The first-order valence-corrected chi connectivity index (χ1v) is 40.0. The number of ether oxygens (including phenoxy) is 6. The maximum atomic E-state index is 14.7. The number of esters is 1. The molecule has 41 heteroatoms. The van der Waals surface area contributed by atoms with Crippen LogP contribution in [-0.4, -0.2) is 255 Å². The molecule has 1 spiro atoms. The fourth-order valence-electron chi connectivity index (χ4n) is 11.7. The molecule has 2 bridgehead atoms. The van der Waals surface area contributed by atoms with E-state index in [1.165, 1.54) is 54.6 Å². The minimum absolute atomic E-state index is 0.00547. The number of carboxylic acid groups (broad SMARTS) is 1. The maximum absolute atomic E-state index is 14.7. The van der Waals surface area contributed by atoms with Crippen LogP contribution >= 0.6 is 33.3 Å². The van der Waals surface area contributed by atoms with Gasteiger partial charge in [-0.15, -0.1) is 11.8 Å². The van der Waals surface area contributed by atoms with Crippen LogP contribution in [0.15, 0.2) is 89.9 Å². The number of carbonyl (C=O) groups is 14. The van der Waals surface area contributed by atoms with Crippen molar-refractivity contribution in [2.45, 2.75) is 107 Å². The van der Waals surface area contributed by atoms with Crippen molar-refractivity contribution in [3.05, 3.63) is 118 Å². The van der Waals surface area contributed by atoms with Gasteiger partial charge in [0, 0.05) is 97.5 Å². The van der Waals surface area contributed by atoms with Gasteiger partial charge in [-0.3, -0.25) is 67.3 Å². The van der Waals surface area contributed by atoms with Crippen LogP contribution in [0.5, 0.6) is 23.0 Å². The number of carbonyl (C=O) groups excluding carboxylic acids is 13. The van der Waals surface area contributed by atoms with E-state index < -0.39 is 144 Å². The van der Waals surface area contributed by atoms with Crippen molar-refractivity contribution in [3.8, 4) is 23.0 Å². The second-order valence-electron chi connectivity index (χ2n) is 25.7. The van der Waals surface area contributed by atoms with Crippen molar-refractivity contribution in [2.75, 3.05) is 109 Å². The number of phenols is 2. The molecule has 0 aromatic heterocycles. The third kappa shape index (κ3) is 28.3. The lowest BCUT2D eigenvalue weighted by atomic mass is 9.77. The smallest absolute Gasteiger partial charge is 0.340 e. The lowest BCUT2D eigenvalue weighted by Gasteiger charge is -2.36. The van der Waals surface area contributed by atoms with Crippen LogP contribution in [0.2, 0.25) is 0 Å². The lowest BCUT2D eigenvalue weighted by Crippen LogP contribution is -2.60. The summed E-state index contributed by atoms with van der Waals surface area (Å²) in [5.41, 5.74) is 16.0. The predicted octanol–water partition coefficient (Wildman–Crippen LogP) is -2.20. The quantitative estimate of drug-likeness (QED) is 0.00866. The molecule has 2 saturated heterocycles. The fourth-order valence-corrected chi connectivity index (χ4v) is 14.9. The molecule has 20 N–H and O–H groups in total. The fraction of sp³-hybridized carbons (Fsp3) is 0.466. The molecule has 38 nitrogen and oxygen atoms in total. The number of nitrogens with zero attached hydrogens (tertiary/aromatic N) is 1. The van der Waals surface area contributed by atoms with Crippen LogP contribution in [-0.2, 0) is 93.2 Å². The Labute approximate surface area is 667 Å². The van der Waals surface area contributed by atoms with Crippen molar-refractivity contribution >= 4 is 122 Å². The van der Waals surface area contributed by atoms with Gasteiger partial charge in [0.05, 0.1) is 50.7 Å². The Kier molecular flexibility index (Phi) is 36.6. The minimum Gasteiger partial charge on any atom is -0.508 e. The predicted molar refractivity (Wildman–Crippen MR) is 415 cm³/mol.